The van der Waals surface area contributed by atoms with E-state index in [4.69, 9.17) is 56.8 Å². The third-order valence-electron chi connectivity index (χ3n) is 10.0. The van der Waals surface area contributed by atoms with Gasteiger partial charge in [-0.15, -0.1) is 0 Å². The Labute approximate surface area is 415 Å². The van der Waals surface area contributed by atoms with Crippen molar-refractivity contribution in [3.05, 3.63) is 124 Å². The minimum Gasteiger partial charge on any atom is -0.487 e. The summed E-state index contributed by atoms with van der Waals surface area (Å²) in [7, 11) is 3.93. The van der Waals surface area contributed by atoms with Crippen LogP contribution in [0.1, 0.15) is 51.0 Å². The molecule has 0 unspecified atom stereocenters. The number of carbonyl (C=O) groups excluding carboxylic acids is 2. The van der Waals surface area contributed by atoms with Crippen molar-refractivity contribution >= 4 is 11.9 Å². The molecule has 16 heteroatoms. The Morgan fingerprint density at radius 1 is 0.471 bits per heavy atom. The highest BCUT2D eigenvalue weighted by molar-refractivity contribution is 5.95. The molecule has 4 aromatic rings. The Balaban J connectivity index is 1.29. The molecule has 1 amide bonds. The van der Waals surface area contributed by atoms with E-state index in [1.807, 2.05) is 106 Å². The largest absolute Gasteiger partial charge is 0.487 e. The monoisotopic (exact) mass is 977 g/mol. The van der Waals surface area contributed by atoms with Gasteiger partial charge in [0.05, 0.1) is 106 Å². The maximum atomic E-state index is 13.7. The fraction of sp³-hybridized carbons (Fsp3) is 0.519. The summed E-state index contributed by atoms with van der Waals surface area (Å²) in [6, 6.07) is 29.4. The minimum atomic E-state index is -0.315. The summed E-state index contributed by atoms with van der Waals surface area (Å²) in [5, 5.41) is 3.04. The van der Waals surface area contributed by atoms with E-state index in [1.165, 1.54) is 0 Å². The summed E-state index contributed by atoms with van der Waals surface area (Å²) < 4.78 is 69.7. The van der Waals surface area contributed by atoms with E-state index < -0.39 is 0 Å². The molecule has 0 saturated carbocycles. The van der Waals surface area contributed by atoms with Crippen LogP contribution in [0, 0.1) is 13.8 Å². The number of rotatable bonds is 41. The van der Waals surface area contributed by atoms with Crippen LogP contribution in [-0.2, 0) is 67.2 Å². The van der Waals surface area contributed by atoms with E-state index in [1.54, 1.807) is 12.1 Å². The summed E-state index contributed by atoms with van der Waals surface area (Å²) in [5.41, 5.74) is 5.75. The van der Waals surface area contributed by atoms with Crippen LogP contribution in [0.25, 0.3) is 0 Å². The predicted molar refractivity (Wildman–Crippen MR) is 266 cm³/mol. The van der Waals surface area contributed by atoms with Gasteiger partial charge < -0.3 is 67.1 Å². The van der Waals surface area contributed by atoms with Gasteiger partial charge in [0.2, 0.25) is 5.75 Å². The lowest BCUT2D eigenvalue weighted by Gasteiger charge is -2.19. The molecule has 0 aliphatic rings. The van der Waals surface area contributed by atoms with E-state index in [-0.39, 0.29) is 64.7 Å². The van der Waals surface area contributed by atoms with Crippen molar-refractivity contribution in [3.8, 4) is 17.2 Å². The molecule has 4 aromatic carbocycles. The zero-order chi connectivity index (χ0) is 49.7. The summed E-state index contributed by atoms with van der Waals surface area (Å²) in [6.45, 7) is 11.9. The van der Waals surface area contributed by atoms with E-state index in [0.717, 1.165) is 40.8 Å². The molecule has 70 heavy (non-hydrogen) atoms. The third kappa shape index (κ3) is 26.7. The predicted octanol–water partition coefficient (Wildman–Crippen LogP) is 6.79. The second kappa shape index (κ2) is 36.8. The second-order valence-electron chi connectivity index (χ2n) is 16.4. The number of carbonyl (C=O) groups is 2. The van der Waals surface area contributed by atoms with Gasteiger partial charge in [0, 0.05) is 18.5 Å². The molecule has 1 N–H and O–H groups in total. The van der Waals surface area contributed by atoms with E-state index in [0.29, 0.717) is 115 Å². The molecule has 0 heterocycles. The van der Waals surface area contributed by atoms with Gasteiger partial charge in [0.1, 0.15) is 26.4 Å². The number of benzene rings is 4. The molecule has 0 saturated heterocycles. The molecule has 0 bridgehead atoms. The highest BCUT2D eigenvalue weighted by Crippen LogP contribution is 2.39. The van der Waals surface area contributed by atoms with Crippen LogP contribution in [0.5, 0.6) is 17.2 Å². The first-order valence-corrected chi connectivity index (χ1v) is 24.2. The van der Waals surface area contributed by atoms with Crippen LogP contribution in [0.2, 0.25) is 0 Å². The van der Waals surface area contributed by atoms with Crippen molar-refractivity contribution in [1.82, 2.24) is 10.2 Å². The maximum absolute atomic E-state index is 13.7. The molecule has 0 aromatic heterocycles. The van der Waals surface area contributed by atoms with E-state index in [2.05, 4.69) is 11.4 Å². The molecule has 0 fully saturated rings. The summed E-state index contributed by atoms with van der Waals surface area (Å²) >= 11 is 0. The standard InChI is InChI=1S/C54H76N2O14/c1-44-36-45(2)38-48(37-44)41-55-54(58)49-39-50(67-32-28-61-20-18-59-24-26-65-42-46-12-7-5-8-13-46)53(70-35-31-64-23-22-63-30-34-69-52(57)16-11-17-56(3)4)51(40-49)68-33-29-62-21-19-60-25-27-66-43-47-14-9-6-10-15-47/h5-10,12-15,36-40H,11,16-35,41-43H2,1-4H3,(H,55,58). The number of amides is 1. The van der Waals surface area contributed by atoms with Crippen molar-refractivity contribution in [2.75, 3.05) is 140 Å². The van der Waals surface area contributed by atoms with Crippen molar-refractivity contribution in [2.24, 2.45) is 0 Å². The molecular weight excluding hydrogens is 901 g/mol. The second-order valence-corrected chi connectivity index (χ2v) is 16.4. The number of ether oxygens (including phenoxy) is 12. The number of esters is 1. The summed E-state index contributed by atoms with van der Waals surface area (Å²) in [6.07, 6.45) is 1.12. The number of hydrogen-bond acceptors (Lipinski definition) is 15. The van der Waals surface area contributed by atoms with Crippen LogP contribution in [0.15, 0.2) is 91.0 Å². The van der Waals surface area contributed by atoms with Crippen molar-refractivity contribution in [1.29, 1.82) is 0 Å². The van der Waals surface area contributed by atoms with Crippen LogP contribution in [0.4, 0.5) is 0 Å². The first-order chi connectivity index (χ1) is 34.3. The van der Waals surface area contributed by atoms with Crippen molar-refractivity contribution in [2.45, 2.75) is 46.4 Å². The fourth-order valence-electron chi connectivity index (χ4n) is 6.70. The van der Waals surface area contributed by atoms with Gasteiger partial charge in [-0.25, -0.2) is 0 Å². The van der Waals surface area contributed by atoms with Crippen LogP contribution in [0.3, 0.4) is 0 Å². The Morgan fingerprint density at radius 2 is 0.886 bits per heavy atom. The van der Waals surface area contributed by atoms with Crippen LogP contribution >= 0.6 is 0 Å². The third-order valence-corrected chi connectivity index (χ3v) is 10.0. The quantitative estimate of drug-likeness (QED) is 0.0366. The highest BCUT2D eigenvalue weighted by Gasteiger charge is 2.20. The van der Waals surface area contributed by atoms with Gasteiger partial charge in [-0.2, -0.15) is 0 Å². The lowest BCUT2D eigenvalue weighted by Crippen LogP contribution is -2.23. The van der Waals surface area contributed by atoms with Gasteiger partial charge in [-0.1, -0.05) is 90.0 Å². The highest BCUT2D eigenvalue weighted by atomic mass is 16.6. The van der Waals surface area contributed by atoms with E-state index in [9.17, 15) is 9.59 Å². The van der Waals surface area contributed by atoms with Gasteiger partial charge in [0.15, 0.2) is 11.5 Å². The Morgan fingerprint density at radius 3 is 1.34 bits per heavy atom. The minimum absolute atomic E-state index is 0.140. The molecule has 16 nitrogen and oxygen atoms in total. The molecule has 0 spiro atoms. The number of hydrogen-bond donors (Lipinski definition) is 1. The van der Waals surface area contributed by atoms with Crippen molar-refractivity contribution < 1.29 is 66.4 Å². The molecule has 0 radical (unpaired) electrons. The van der Waals surface area contributed by atoms with Crippen LogP contribution in [-0.4, -0.2) is 156 Å². The Kier molecular flexibility index (Phi) is 30.2. The average Bonchev–Trinajstić information content (AvgIpc) is 3.35. The molecule has 0 aliphatic carbocycles. The molecule has 0 aliphatic heterocycles. The lowest BCUT2D eigenvalue weighted by molar-refractivity contribution is -0.145. The first kappa shape index (κ1) is 57.4. The average molecular weight is 977 g/mol. The van der Waals surface area contributed by atoms with Crippen LogP contribution < -0.4 is 19.5 Å². The first-order valence-electron chi connectivity index (χ1n) is 24.2. The molecule has 386 valence electrons. The SMILES string of the molecule is Cc1cc(C)cc(CNC(=O)c2cc(OCCOCCOCCOCc3ccccc3)c(OCCOCCOCCOC(=O)CCCN(C)C)c(OCCOCCOCCOCc3ccccc3)c2)c1. The van der Waals surface area contributed by atoms with Gasteiger partial charge >= 0.3 is 5.97 Å². The maximum Gasteiger partial charge on any atom is 0.305 e. The Bertz CT molecular complexity index is 1890. The van der Waals surface area contributed by atoms with Gasteiger partial charge in [-0.3, -0.25) is 9.59 Å². The fourth-order valence-corrected chi connectivity index (χ4v) is 6.70. The molecule has 0 atom stereocenters. The van der Waals surface area contributed by atoms with Gasteiger partial charge in [-0.05, 0) is 69.7 Å². The lowest BCUT2D eigenvalue weighted by atomic mass is 10.1. The summed E-state index contributed by atoms with van der Waals surface area (Å²) in [5.74, 6) is 0.349. The Hall–Kier alpha value is -5.14. The normalized spacial score (nSPS) is 11.2. The number of nitrogens with zero attached hydrogens (tertiary/aromatic N) is 1. The number of aryl methyl sites for hydroxylation is 2. The number of nitrogens with one attached hydrogen (secondary N) is 1. The topological polar surface area (TPSA) is 160 Å². The smallest absolute Gasteiger partial charge is 0.305 e. The van der Waals surface area contributed by atoms with Crippen molar-refractivity contribution in [3.63, 3.8) is 0 Å². The van der Waals surface area contributed by atoms with E-state index >= 15 is 0 Å². The molecule has 4 rings (SSSR count). The zero-order valence-electron chi connectivity index (χ0n) is 41.8. The van der Waals surface area contributed by atoms with Gasteiger partial charge in [0.25, 0.3) is 5.91 Å². The summed E-state index contributed by atoms with van der Waals surface area (Å²) in [4.78, 5) is 27.7. The zero-order valence-corrected chi connectivity index (χ0v) is 41.8. The molecular formula is C54H76N2O14.